The molecule has 7 nitrogen and oxygen atoms in total. The lowest BCUT2D eigenvalue weighted by Gasteiger charge is -2.11. The zero-order valence-corrected chi connectivity index (χ0v) is 17.5. The van der Waals surface area contributed by atoms with Gasteiger partial charge in [0.05, 0.1) is 17.4 Å². The van der Waals surface area contributed by atoms with E-state index in [0.717, 1.165) is 11.3 Å². The maximum absolute atomic E-state index is 13.0. The number of rotatable bonds is 7. The lowest BCUT2D eigenvalue weighted by atomic mass is 10.2. The largest absolute Gasteiger partial charge is 0.452 e. The van der Waals surface area contributed by atoms with Gasteiger partial charge in [-0.2, -0.15) is 0 Å². The van der Waals surface area contributed by atoms with Crippen molar-refractivity contribution in [1.82, 2.24) is 4.98 Å². The molecule has 0 radical (unpaired) electrons. The molecule has 0 atom stereocenters. The molecule has 2 aromatic heterocycles. The first-order valence-electron chi connectivity index (χ1n) is 8.95. The third-order valence-electron chi connectivity index (χ3n) is 4.16. The average molecular weight is 458 g/mol. The summed E-state index contributed by atoms with van der Waals surface area (Å²) in [7, 11) is -3.82. The molecule has 2 heterocycles. The molecular weight excluding hydrogens is 443 g/mol. The van der Waals surface area contributed by atoms with Crippen LogP contribution >= 0.6 is 11.3 Å². The van der Waals surface area contributed by atoms with Crippen LogP contribution in [0.3, 0.4) is 0 Å². The number of nitrogens with zero attached hydrogens (tertiary/aromatic N) is 1. The van der Waals surface area contributed by atoms with E-state index in [1.807, 2.05) is 0 Å². The minimum atomic E-state index is -3.82. The Morgan fingerprint density at radius 1 is 1.10 bits per heavy atom. The number of thiophene rings is 1. The van der Waals surface area contributed by atoms with Crippen LogP contribution < -0.4 is 4.72 Å². The molecule has 0 saturated carbocycles. The number of anilines is 1. The number of carbonyl (C=O) groups excluding carboxylic acids is 1. The quantitative estimate of drug-likeness (QED) is 0.403. The highest BCUT2D eigenvalue weighted by Gasteiger charge is 2.20. The van der Waals surface area contributed by atoms with Gasteiger partial charge in [0.25, 0.3) is 10.0 Å². The number of sulfonamides is 1. The molecule has 0 unspecified atom stereocenters. The molecule has 1 N–H and O–H groups in total. The number of hydrogen-bond acceptors (Lipinski definition) is 7. The molecule has 2 aromatic carbocycles. The van der Waals surface area contributed by atoms with Gasteiger partial charge in [0.15, 0.2) is 12.4 Å². The summed E-state index contributed by atoms with van der Waals surface area (Å²) in [6.45, 7) is -0.258. The van der Waals surface area contributed by atoms with Crippen LogP contribution in [0.1, 0.15) is 16.2 Å². The van der Waals surface area contributed by atoms with Crippen molar-refractivity contribution >= 4 is 33.0 Å². The SMILES string of the molecule is O=C(OCc1ncc(-c2ccc(F)cc2)o1)c1ccccc1NS(=O)(=O)c1cccs1. The van der Waals surface area contributed by atoms with E-state index >= 15 is 0 Å². The van der Waals surface area contributed by atoms with Crippen LogP contribution in [0.25, 0.3) is 11.3 Å². The zero-order valence-electron chi connectivity index (χ0n) is 15.8. The molecule has 4 rings (SSSR count). The van der Waals surface area contributed by atoms with Gasteiger partial charge in [-0.1, -0.05) is 18.2 Å². The molecule has 4 aromatic rings. The number of esters is 1. The summed E-state index contributed by atoms with van der Waals surface area (Å²) in [4.78, 5) is 16.6. The highest BCUT2D eigenvalue weighted by atomic mass is 32.2. The maximum atomic E-state index is 13.0. The Balaban J connectivity index is 1.46. The van der Waals surface area contributed by atoms with Crippen molar-refractivity contribution in [2.24, 2.45) is 0 Å². The molecule has 0 saturated heterocycles. The normalized spacial score (nSPS) is 11.3. The maximum Gasteiger partial charge on any atom is 0.340 e. The molecule has 10 heteroatoms. The van der Waals surface area contributed by atoms with Gasteiger partial charge in [-0.15, -0.1) is 11.3 Å². The standard InChI is InChI=1S/C21H15FN2O5S2/c22-15-9-7-14(8-10-15)18-12-23-19(29-18)13-28-21(25)16-4-1-2-5-17(16)24-31(26,27)20-6-3-11-30-20/h1-12,24H,13H2. The zero-order chi connectivity index (χ0) is 21.8. The van der Waals surface area contributed by atoms with Gasteiger partial charge in [0.2, 0.25) is 5.89 Å². The molecule has 0 aliphatic rings. The minimum Gasteiger partial charge on any atom is -0.452 e. The summed E-state index contributed by atoms with van der Waals surface area (Å²) in [5.41, 5.74) is 0.771. The Kier molecular flexibility index (Phi) is 5.83. The molecule has 0 bridgehead atoms. The third kappa shape index (κ3) is 4.81. The van der Waals surface area contributed by atoms with Gasteiger partial charge < -0.3 is 9.15 Å². The summed E-state index contributed by atoms with van der Waals surface area (Å²) < 4.78 is 51.3. The van der Waals surface area contributed by atoms with E-state index in [-0.39, 0.29) is 33.8 Å². The van der Waals surface area contributed by atoms with Crippen LogP contribution in [0.4, 0.5) is 10.1 Å². The number of benzene rings is 2. The smallest absolute Gasteiger partial charge is 0.340 e. The fourth-order valence-corrected chi connectivity index (χ4v) is 4.76. The van der Waals surface area contributed by atoms with Crippen LogP contribution in [0.2, 0.25) is 0 Å². The number of oxazole rings is 1. The monoisotopic (exact) mass is 458 g/mol. The lowest BCUT2D eigenvalue weighted by Crippen LogP contribution is -2.15. The topological polar surface area (TPSA) is 98.5 Å². The fraction of sp³-hybridized carbons (Fsp3) is 0.0476. The van der Waals surface area contributed by atoms with Crippen LogP contribution in [0.15, 0.2) is 80.9 Å². The van der Waals surface area contributed by atoms with Gasteiger partial charge in [0, 0.05) is 5.56 Å². The number of para-hydroxylation sites is 1. The summed E-state index contributed by atoms with van der Waals surface area (Å²) in [5, 5.41) is 1.64. The lowest BCUT2D eigenvalue weighted by molar-refractivity contribution is 0.0440. The minimum absolute atomic E-state index is 0.0490. The first-order valence-corrected chi connectivity index (χ1v) is 11.3. The van der Waals surface area contributed by atoms with Gasteiger partial charge >= 0.3 is 5.97 Å². The Bertz CT molecular complexity index is 1300. The van der Waals surface area contributed by atoms with E-state index in [9.17, 15) is 17.6 Å². The van der Waals surface area contributed by atoms with E-state index < -0.39 is 16.0 Å². The molecule has 31 heavy (non-hydrogen) atoms. The second-order valence-corrected chi connectivity index (χ2v) is 9.14. The number of aromatic nitrogens is 1. The highest BCUT2D eigenvalue weighted by Crippen LogP contribution is 2.24. The van der Waals surface area contributed by atoms with Crippen LogP contribution in [0, 0.1) is 5.82 Å². The van der Waals surface area contributed by atoms with Crippen molar-refractivity contribution in [2.75, 3.05) is 4.72 Å². The molecular formula is C21H15FN2O5S2. The second-order valence-electron chi connectivity index (χ2n) is 6.28. The Morgan fingerprint density at radius 2 is 1.87 bits per heavy atom. The van der Waals surface area contributed by atoms with Crippen molar-refractivity contribution < 1.29 is 26.8 Å². The number of halogens is 1. The van der Waals surface area contributed by atoms with Gasteiger partial charge in [-0.3, -0.25) is 4.72 Å². The van der Waals surface area contributed by atoms with E-state index in [4.69, 9.17) is 9.15 Å². The number of hydrogen-bond donors (Lipinski definition) is 1. The van der Waals surface area contributed by atoms with Crippen molar-refractivity contribution in [3.8, 4) is 11.3 Å². The Morgan fingerprint density at radius 3 is 2.61 bits per heavy atom. The van der Waals surface area contributed by atoms with Gasteiger partial charge in [-0.25, -0.2) is 22.6 Å². The number of ether oxygens (including phenoxy) is 1. The Hall–Kier alpha value is -3.50. The van der Waals surface area contributed by atoms with Gasteiger partial charge in [0.1, 0.15) is 10.0 Å². The molecule has 158 valence electrons. The predicted octanol–water partition coefficient (Wildman–Crippen LogP) is 4.70. The summed E-state index contributed by atoms with van der Waals surface area (Å²) in [5.74, 6) is -0.573. The van der Waals surface area contributed by atoms with Crippen LogP contribution in [-0.4, -0.2) is 19.4 Å². The number of nitrogens with one attached hydrogen (secondary N) is 1. The van der Waals surface area contributed by atoms with E-state index in [1.165, 1.54) is 36.5 Å². The molecule has 0 fully saturated rings. The first kappa shape index (κ1) is 20.8. The fourth-order valence-electron chi connectivity index (χ4n) is 2.69. The van der Waals surface area contributed by atoms with Crippen LogP contribution in [0.5, 0.6) is 0 Å². The third-order valence-corrected chi connectivity index (χ3v) is 6.92. The summed E-state index contributed by atoms with van der Waals surface area (Å²) in [6.07, 6.45) is 1.44. The van der Waals surface area contributed by atoms with Gasteiger partial charge in [-0.05, 0) is 47.8 Å². The van der Waals surface area contributed by atoms with Crippen LogP contribution in [-0.2, 0) is 21.4 Å². The summed E-state index contributed by atoms with van der Waals surface area (Å²) >= 11 is 1.06. The second kappa shape index (κ2) is 8.70. The van der Waals surface area contributed by atoms with Crippen molar-refractivity contribution in [1.29, 1.82) is 0 Å². The summed E-state index contributed by atoms with van der Waals surface area (Å²) in [6, 6.07) is 14.9. The average Bonchev–Trinajstić information content (AvgIpc) is 3.45. The van der Waals surface area contributed by atoms with E-state index in [1.54, 1.807) is 35.7 Å². The molecule has 0 amide bonds. The van der Waals surface area contributed by atoms with Crippen molar-refractivity contribution in [2.45, 2.75) is 10.8 Å². The van der Waals surface area contributed by atoms with Crippen molar-refractivity contribution in [3.05, 3.63) is 89.5 Å². The first-order chi connectivity index (χ1) is 14.9. The number of carbonyl (C=O) groups is 1. The predicted molar refractivity (Wildman–Crippen MR) is 113 cm³/mol. The Labute approximate surface area is 181 Å². The molecule has 0 aliphatic carbocycles. The highest BCUT2D eigenvalue weighted by molar-refractivity contribution is 7.94. The van der Waals surface area contributed by atoms with Crippen molar-refractivity contribution in [3.63, 3.8) is 0 Å². The van der Waals surface area contributed by atoms with E-state index in [0.29, 0.717) is 11.3 Å². The molecule has 0 aliphatic heterocycles. The van der Waals surface area contributed by atoms with E-state index in [2.05, 4.69) is 9.71 Å². The molecule has 0 spiro atoms.